The molecule has 2 aromatic rings. The van der Waals surface area contributed by atoms with Gasteiger partial charge in [0, 0.05) is 18.7 Å². The van der Waals surface area contributed by atoms with E-state index in [4.69, 9.17) is 0 Å². The number of nitro benzene ring substituents is 1. The Balaban J connectivity index is 2.16. The summed E-state index contributed by atoms with van der Waals surface area (Å²) < 4.78 is 0. The van der Waals surface area contributed by atoms with Crippen LogP contribution in [0.3, 0.4) is 0 Å². The predicted molar refractivity (Wildman–Crippen MR) is 87.8 cm³/mol. The molecule has 1 aromatic heterocycles. The molecular weight excluding hydrogens is 318 g/mol. The zero-order valence-electron chi connectivity index (χ0n) is 12.7. The van der Waals surface area contributed by atoms with Crippen LogP contribution in [0.15, 0.2) is 30.6 Å². The standard InChI is InChI=1S/C13H15N7O4/c1-2-7-14-12-11(20(23)24)13(16-8-15-12)18-17-9-3-5-10(6-4-9)19(21)22/h3-6,8,17H,2,7H2,1H3,(H2,14,15,16,18). The second-order valence-electron chi connectivity index (χ2n) is 4.66. The van der Waals surface area contributed by atoms with E-state index in [1.54, 1.807) is 0 Å². The molecule has 0 radical (unpaired) electrons. The number of rotatable bonds is 8. The zero-order chi connectivity index (χ0) is 17.5. The molecule has 0 aliphatic heterocycles. The molecule has 11 heteroatoms. The molecule has 0 bridgehead atoms. The number of hydrazine groups is 1. The summed E-state index contributed by atoms with van der Waals surface area (Å²) in [6.45, 7) is 2.46. The number of hydrogen-bond acceptors (Lipinski definition) is 9. The molecule has 126 valence electrons. The third-order valence-corrected chi connectivity index (χ3v) is 2.95. The normalized spacial score (nSPS) is 10.0. The summed E-state index contributed by atoms with van der Waals surface area (Å²) >= 11 is 0. The van der Waals surface area contributed by atoms with Gasteiger partial charge >= 0.3 is 5.69 Å². The molecule has 0 fully saturated rings. The van der Waals surface area contributed by atoms with Gasteiger partial charge in [0.1, 0.15) is 6.33 Å². The Hall–Kier alpha value is -3.50. The van der Waals surface area contributed by atoms with E-state index < -0.39 is 9.85 Å². The van der Waals surface area contributed by atoms with E-state index in [9.17, 15) is 20.2 Å². The number of benzene rings is 1. The molecule has 0 spiro atoms. The lowest BCUT2D eigenvalue weighted by molar-refractivity contribution is -0.384. The van der Waals surface area contributed by atoms with Gasteiger partial charge in [-0.15, -0.1) is 0 Å². The smallest absolute Gasteiger partial charge is 0.354 e. The Bertz CT molecular complexity index is 736. The predicted octanol–water partition coefficient (Wildman–Crippen LogP) is 2.55. The van der Waals surface area contributed by atoms with Crippen LogP contribution < -0.4 is 16.2 Å². The Morgan fingerprint density at radius 3 is 2.25 bits per heavy atom. The monoisotopic (exact) mass is 333 g/mol. The minimum atomic E-state index is -0.585. The summed E-state index contributed by atoms with van der Waals surface area (Å²) in [5.74, 6) is 0.0943. The molecule has 0 unspecified atom stereocenters. The van der Waals surface area contributed by atoms with Gasteiger partial charge < -0.3 is 5.32 Å². The van der Waals surface area contributed by atoms with Crippen molar-refractivity contribution < 1.29 is 9.85 Å². The fourth-order valence-electron chi connectivity index (χ4n) is 1.81. The van der Waals surface area contributed by atoms with Crippen molar-refractivity contribution in [3.8, 4) is 0 Å². The Kier molecular flexibility index (Phi) is 5.39. The van der Waals surface area contributed by atoms with E-state index in [0.29, 0.717) is 12.2 Å². The average molecular weight is 333 g/mol. The summed E-state index contributed by atoms with van der Waals surface area (Å²) in [6.07, 6.45) is 1.98. The number of non-ortho nitro benzene ring substituents is 1. The highest BCUT2D eigenvalue weighted by Crippen LogP contribution is 2.28. The molecule has 0 amide bonds. The lowest BCUT2D eigenvalue weighted by Crippen LogP contribution is -2.14. The van der Waals surface area contributed by atoms with Gasteiger partial charge in [-0.2, -0.15) is 0 Å². The minimum Gasteiger partial charge on any atom is -0.364 e. The van der Waals surface area contributed by atoms with Crippen LogP contribution in [0.5, 0.6) is 0 Å². The lowest BCUT2D eigenvalue weighted by atomic mass is 10.3. The van der Waals surface area contributed by atoms with Crippen LogP contribution in [0.2, 0.25) is 0 Å². The van der Waals surface area contributed by atoms with Crippen LogP contribution >= 0.6 is 0 Å². The van der Waals surface area contributed by atoms with Crippen molar-refractivity contribution in [2.24, 2.45) is 0 Å². The lowest BCUT2D eigenvalue weighted by Gasteiger charge is -2.11. The third-order valence-electron chi connectivity index (χ3n) is 2.95. The maximum atomic E-state index is 11.3. The van der Waals surface area contributed by atoms with Crippen LogP contribution in [0.1, 0.15) is 13.3 Å². The number of nitro groups is 2. The van der Waals surface area contributed by atoms with E-state index in [0.717, 1.165) is 6.42 Å². The highest BCUT2D eigenvalue weighted by atomic mass is 16.6. The van der Waals surface area contributed by atoms with Crippen molar-refractivity contribution in [2.75, 3.05) is 22.7 Å². The van der Waals surface area contributed by atoms with Crippen molar-refractivity contribution in [1.29, 1.82) is 0 Å². The van der Waals surface area contributed by atoms with Crippen LogP contribution in [0.25, 0.3) is 0 Å². The molecule has 0 saturated carbocycles. The number of hydrogen-bond donors (Lipinski definition) is 3. The highest BCUT2D eigenvalue weighted by molar-refractivity contribution is 5.70. The molecule has 3 N–H and O–H groups in total. The van der Waals surface area contributed by atoms with E-state index in [1.807, 2.05) is 6.92 Å². The Morgan fingerprint density at radius 1 is 1.00 bits per heavy atom. The van der Waals surface area contributed by atoms with Crippen LogP contribution in [-0.2, 0) is 0 Å². The molecule has 0 saturated heterocycles. The molecule has 0 aliphatic rings. The van der Waals surface area contributed by atoms with Gasteiger partial charge in [-0.25, -0.2) is 9.97 Å². The third kappa shape index (κ3) is 4.03. The maximum absolute atomic E-state index is 11.3. The molecule has 0 aliphatic carbocycles. The molecule has 0 atom stereocenters. The molecule has 2 rings (SSSR count). The van der Waals surface area contributed by atoms with Crippen LogP contribution in [0.4, 0.5) is 28.7 Å². The SMILES string of the molecule is CCCNc1ncnc(NNc2ccc([N+](=O)[O-])cc2)c1[N+](=O)[O-]. The maximum Gasteiger partial charge on any atom is 0.354 e. The van der Waals surface area contributed by atoms with Gasteiger partial charge in [-0.3, -0.25) is 31.1 Å². The number of nitrogens with zero attached hydrogens (tertiary/aromatic N) is 4. The first kappa shape index (κ1) is 16.9. The first-order valence-corrected chi connectivity index (χ1v) is 7.02. The quantitative estimate of drug-likeness (QED) is 0.489. The first-order valence-electron chi connectivity index (χ1n) is 7.02. The summed E-state index contributed by atoms with van der Waals surface area (Å²) in [5, 5.41) is 24.8. The molecule has 24 heavy (non-hydrogen) atoms. The van der Waals surface area contributed by atoms with Crippen molar-refractivity contribution in [1.82, 2.24) is 9.97 Å². The minimum absolute atomic E-state index is 0.0213. The van der Waals surface area contributed by atoms with Crippen molar-refractivity contribution in [3.05, 3.63) is 50.8 Å². The van der Waals surface area contributed by atoms with E-state index in [-0.39, 0.29) is 23.0 Å². The molecule has 1 heterocycles. The van der Waals surface area contributed by atoms with Gasteiger partial charge in [-0.05, 0) is 18.6 Å². The van der Waals surface area contributed by atoms with Crippen molar-refractivity contribution >= 4 is 28.7 Å². The van der Waals surface area contributed by atoms with Crippen molar-refractivity contribution in [3.63, 3.8) is 0 Å². The molecule has 11 nitrogen and oxygen atoms in total. The van der Waals surface area contributed by atoms with Crippen LogP contribution in [-0.4, -0.2) is 26.4 Å². The second-order valence-corrected chi connectivity index (χ2v) is 4.66. The summed E-state index contributed by atoms with van der Waals surface area (Å²) in [4.78, 5) is 28.5. The number of anilines is 3. The van der Waals surface area contributed by atoms with Gasteiger partial charge in [0.2, 0.25) is 11.6 Å². The topological polar surface area (TPSA) is 148 Å². The second kappa shape index (κ2) is 7.67. The van der Waals surface area contributed by atoms with Gasteiger partial charge in [0.05, 0.1) is 15.5 Å². The highest BCUT2D eigenvalue weighted by Gasteiger charge is 2.22. The Labute approximate surface area is 136 Å². The summed E-state index contributed by atoms with van der Waals surface area (Å²) in [5.41, 5.74) is 5.47. The van der Waals surface area contributed by atoms with E-state index in [2.05, 4.69) is 26.1 Å². The zero-order valence-corrected chi connectivity index (χ0v) is 12.7. The summed E-state index contributed by atoms with van der Waals surface area (Å²) in [6, 6.07) is 5.56. The van der Waals surface area contributed by atoms with E-state index >= 15 is 0 Å². The van der Waals surface area contributed by atoms with Crippen LogP contribution in [0, 0.1) is 20.2 Å². The Morgan fingerprint density at radius 2 is 1.67 bits per heavy atom. The number of aromatic nitrogens is 2. The number of nitrogens with one attached hydrogen (secondary N) is 3. The largest absolute Gasteiger partial charge is 0.364 e. The fourth-order valence-corrected chi connectivity index (χ4v) is 1.81. The first-order chi connectivity index (χ1) is 11.5. The van der Waals surface area contributed by atoms with Gasteiger partial charge in [-0.1, -0.05) is 6.92 Å². The molecule has 1 aromatic carbocycles. The van der Waals surface area contributed by atoms with E-state index in [1.165, 1.54) is 30.6 Å². The fraction of sp³-hybridized carbons (Fsp3) is 0.231. The summed E-state index contributed by atoms with van der Waals surface area (Å²) in [7, 11) is 0. The van der Waals surface area contributed by atoms with Gasteiger partial charge in [0.25, 0.3) is 5.69 Å². The molecular formula is C13H15N7O4. The van der Waals surface area contributed by atoms with Gasteiger partial charge in [0.15, 0.2) is 0 Å². The average Bonchev–Trinajstić information content (AvgIpc) is 2.58. The van der Waals surface area contributed by atoms with Crippen molar-refractivity contribution in [2.45, 2.75) is 13.3 Å².